The molecule has 0 spiro atoms. The molecule has 0 aliphatic carbocycles. The molecule has 0 aliphatic heterocycles. The molecule has 0 aliphatic rings. The van der Waals surface area contributed by atoms with Gasteiger partial charge in [-0.3, -0.25) is 0 Å². The summed E-state index contributed by atoms with van der Waals surface area (Å²) in [6.45, 7) is 4.35. The molecule has 0 fully saturated rings. The molecule has 3 aromatic heterocycles. The van der Waals surface area contributed by atoms with Gasteiger partial charge in [-0.05, 0) is 36.2 Å². The number of aromatic nitrogens is 3. The molecule has 4 rings (SSSR count). The van der Waals surface area contributed by atoms with Crippen LogP contribution in [0.4, 0.5) is 0 Å². The number of benzene rings is 1. The van der Waals surface area contributed by atoms with Gasteiger partial charge in [0.15, 0.2) is 0 Å². The van der Waals surface area contributed by atoms with Crippen LogP contribution < -0.4 is 0 Å². The second-order valence-corrected chi connectivity index (χ2v) is 6.30. The van der Waals surface area contributed by atoms with Crippen LogP contribution in [0.3, 0.4) is 0 Å². The monoisotopic (exact) mass is 309 g/mol. The van der Waals surface area contributed by atoms with Gasteiger partial charge in [0.05, 0.1) is 10.7 Å². The molecule has 0 atom stereocenters. The van der Waals surface area contributed by atoms with E-state index in [0.29, 0.717) is 5.92 Å². The molecule has 4 heteroatoms. The minimum Gasteiger partial charge on any atom is -0.358 e. The molecule has 0 saturated carbocycles. The van der Waals surface area contributed by atoms with Crippen LogP contribution in [0.25, 0.3) is 27.8 Å². The molecular formula is C18H16ClN3. The summed E-state index contributed by atoms with van der Waals surface area (Å²) in [5, 5.41) is 1.87. The minimum absolute atomic E-state index is 0.463. The van der Waals surface area contributed by atoms with E-state index in [1.165, 1.54) is 5.69 Å². The van der Waals surface area contributed by atoms with Crippen molar-refractivity contribution in [2.45, 2.75) is 19.8 Å². The first-order chi connectivity index (χ1) is 10.6. The average Bonchev–Trinajstić information content (AvgIpc) is 3.09. The van der Waals surface area contributed by atoms with Crippen LogP contribution in [0, 0.1) is 0 Å². The van der Waals surface area contributed by atoms with E-state index in [-0.39, 0.29) is 0 Å². The third-order valence-electron chi connectivity index (χ3n) is 3.99. The van der Waals surface area contributed by atoms with E-state index >= 15 is 0 Å². The maximum Gasteiger partial charge on any atom is 0.137 e. The van der Waals surface area contributed by atoms with Gasteiger partial charge in [0.2, 0.25) is 0 Å². The van der Waals surface area contributed by atoms with Crippen molar-refractivity contribution >= 4 is 28.2 Å². The Morgan fingerprint density at radius 2 is 2.05 bits per heavy atom. The Balaban J connectivity index is 1.91. The lowest BCUT2D eigenvalue weighted by atomic mass is 10.1. The van der Waals surface area contributed by atoms with Crippen LogP contribution in [0.15, 0.2) is 48.8 Å². The SMILES string of the molecule is CC(C)c1cc2cc(Cl)c(-c3cn4ccccc4n3)cc2[nH]1. The number of imidazole rings is 1. The first-order valence-corrected chi connectivity index (χ1v) is 7.76. The number of pyridine rings is 1. The Bertz CT molecular complexity index is 946. The summed E-state index contributed by atoms with van der Waals surface area (Å²) in [6.07, 6.45) is 4.00. The van der Waals surface area contributed by atoms with Gasteiger partial charge in [0, 0.05) is 34.6 Å². The highest BCUT2D eigenvalue weighted by Gasteiger charge is 2.12. The topological polar surface area (TPSA) is 33.1 Å². The van der Waals surface area contributed by atoms with Crippen molar-refractivity contribution in [3.63, 3.8) is 0 Å². The van der Waals surface area contributed by atoms with E-state index in [1.807, 2.05) is 41.1 Å². The number of halogens is 1. The maximum atomic E-state index is 6.49. The first-order valence-electron chi connectivity index (χ1n) is 7.38. The molecule has 0 amide bonds. The van der Waals surface area contributed by atoms with Gasteiger partial charge in [-0.1, -0.05) is 31.5 Å². The molecule has 3 nitrogen and oxygen atoms in total. The zero-order valence-corrected chi connectivity index (χ0v) is 13.2. The highest BCUT2D eigenvalue weighted by molar-refractivity contribution is 6.34. The quantitative estimate of drug-likeness (QED) is 0.538. The van der Waals surface area contributed by atoms with Crippen molar-refractivity contribution in [1.29, 1.82) is 0 Å². The Morgan fingerprint density at radius 1 is 1.18 bits per heavy atom. The molecule has 3 heterocycles. The molecule has 1 aromatic carbocycles. The van der Waals surface area contributed by atoms with Crippen LogP contribution in [-0.4, -0.2) is 14.4 Å². The van der Waals surface area contributed by atoms with Crippen LogP contribution in [-0.2, 0) is 0 Å². The number of rotatable bonds is 2. The molecule has 110 valence electrons. The summed E-state index contributed by atoms with van der Waals surface area (Å²) >= 11 is 6.49. The summed E-state index contributed by atoms with van der Waals surface area (Å²) in [7, 11) is 0. The molecular weight excluding hydrogens is 294 g/mol. The third kappa shape index (κ3) is 2.09. The maximum absolute atomic E-state index is 6.49. The van der Waals surface area contributed by atoms with Crippen molar-refractivity contribution in [3.8, 4) is 11.3 Å². The first kappa shape index (κ1) is 13.4. The van der Waals surface area contributed by atoms with Crippen molar-refractivity contribution in [2.75, 3.05) is 0 Å². The lowest BCUT2D eigenvalue weighted by Crippen LogP contribution is -1.85. The number of fused-ring (bicyclic) bond motifs is 2. The number of H-pyrrole nitrogens is 1. The number of aromatic amines is 1. The van der Waals surface area contributed by atoms with Crippen molar-refractivity contribution in [2.24, 2.45) is 0 Å². The van der Waals surface area contributed by atoms with E-state index < -0.39 is 0 Å². The largest absolute Gasteiger partial charge is 0.358 e. The predicted octanol–water partition coefficient (Wildman–Crippen LogP) is 5.26. The Kier molecular flexibility index (Phi) is 2.98. The summed E-state index contributed by atoms with van der Waals surface area (Å²) in [4.78, 5) is 8.13. The number of nitrogens with one attached hydrogen (secondary N) is 1. The average molecular weight is 310 g/mol. The molecule has 22 heavy (non-hydrogen) atoms. The Morgan fingerprint density at radius 3 is 2.82 bits per heavy atom. The van der Waals surface area contributed by atoms with E-state index in [2.05, 4.69) is 35.9 Å². The lowest BCUT2D eigenvalue weighted by molar-refractivity contribution is 0.836. The smallest absolute Gasteiger partial charge is 0.137 e. The predicted molar refractivity (Wildman–Crippen MR) is 91.6 cm³/mol. The fourth-order valence-corrected chi connectivity index (χ4v) is 3.02. The highest BCUT2D eigenvalue weighted by Crippen LogP contribution is 2.33. The molecule has 0 bridgehead atoms. The summed E-state index contributed by atoms with van der Waals surface area (Å²) in [6, 6.07) is 12.2. The van der Waals surface area contributed by atoms with Gasteiger partial charge < -0.3 is 9.38 Å². The fraction of sp³-hybridized carbons (Fsp3) is 0.167. The third-order valence-corrected chi connectivity index (χ3v) is 4.30. The number of nitrogens with zero attached hydrogens (tertiary/aromatic N) is 2. The second kappa shape index (κ2) is 4.89. The van der Waals surface area contributed by atoms with E-state index in [0.717, 1.165) is 32.8 Å². The summed E-state index contributed by atoms with van der Waals surface area (Å²) in [5.74, 6) is 0.463. The van der Waals surface area contributed by atoms with Gasteiger partial charge in [-0.15, -0.1) is 0 Å². The van der Waals surface area contributed by atoms with Gasteiger partial charge >= 0.3 is 0 Å². The molecule has 0 unspecified atom stereocenters. The highest BCUT2D eigenvalue weighted by atomic mass is 35.5. The van der Waals surface area contributed by atoms with E-state index in [1.54, 1.807) is 0 Å². The van der Waals surface area contributed by atoms with Crippen LogP contribution in [0.2, 0.25) is 5.02 Å². The molecule has 0 saturated heterocycles. The zero-order valence-electron chi connectivity index (χ0n) is 12.5. The minimum atomic E-state index is 0.463. The van der Waals surface area contributed by atoms with Crippen molar-refractivity contribution in [1.82, 2.24) is 14.4 Å². The van der Waals surface area contributed by atoms with Gasteiger partial charge in [0.25, 0.3) is 0 Å². The van der Waals surface area contributed by atoms with Gasteiger partial charge in [0.1, 0.15) is 5.65 Å². The standard InChI is InChI=1S/C18H16ClN3/c1-11(2)15-8-12-7-14(19)13(9-16(12)20-15)17-10-22-6-4-3-5-18(22)21-17/h3-11,20H,1-2H3. The van der Waals surface area contributed by atoms with Crippen LogP contribution >= 0.6 is 11.6 Å². The van der Waals surface area contributed by atoms with Crippen molar-refractivity contribution < 1.29 is 0 Å². The summed E-state index contributed by atoms with van der Waals surface area (Å²) < 4.78 is 2.00. The fourth-order valence-electron chi connectivity index (χ4n) is 2.75. The molecule has 4 aromatic rings. The summed E-state index contributed by atoms with van der Waals surface area (Å²) in [5.41, 5.74) is 5.08. The van der Waals surface area contributed by atoms with Gasteiger partial charge in [-0.25, -0.2) is 4.98 Å². The van der Waals surface area contributed by atoms with Crippen LogP contribution in [0.5, 0.6) is 0 Å². The number of hydrogen-bond donors (Lipinski definition) is 1. The lowest BCUT2D eigenvalue weighted by Gasteiger charge is -2.01. The van der Waals surface area contributed by atoms with E-state index in [4.69, 9.17) is 11.6 Å². The van der Waals surface area contributed by atoms with E-state index in [9.17, 15) is 0 Å². The number of hydrogen-bond acceptors (Lipinski definition) is 1. The normalized spacial score (nSPS) is 11.8. The molecule has 0 radical (unpaired) electrons. The molecule has 1 N–H and O–H groups in total. The van der Waals surface area contributed by atoms with Gasteiger partial charge in [-0.2, -0.15) is 0 Å². The Labute approximate surface area is 133 Å². The zero-order chi connectivity index (χ0) is 15.3. The Hall–Kier alpha value is -2.26. The van der Waals surface area contributed by atoms with Crippen LogP contribution in [0.1, 0.15) is 25.5 Å². The second-order valence-electron chi connectivity index (χ2n) is 5.89. The van der Waals surface area contributed by atoms with Crippen molar-refractivity contribution in [3.05, 3.63) is 59.5 Å².